The minimum Gasteiger partial charge on any atom is -0.340 e. The molecular formula is C21H23NO2S. The summed E-state index contributed by atoms with van der Waals surface area (Å²) in [5, 5.41) is 3.50. The highest BCUT2D eigenvalue weighted by Crippen LogP contribution is 2.56. The number of thioether (sulfide) groups is 1. The van der Waals surface area contributed by atoms with Gasteiger partial charge in [0.25, 0.3) is 5.91 Å². The van der Waals surface area contributed by atoms with Crippen molar-refractivity contribution in [3.63, 3.8) is 0 Å². The zero-order valence-corrected chi connectivity index (χ0v) is 15.4. The van der Waals surface area contributed by atoms with E-state index in [0.29, 0.717) is 12.8 Å². The minimum atomic E-state index is -0.754. The van der Waals surface area contributed by atoms with Gasteiger partial charge < -0.3 is 10.1 Å². The Balaban J connectivity index is 1.72. The molecule has 1 N–H and O–H groups in total. The SMILES string of the molecule is CC1(C)NC(=O)C2(CC(c3ccccc3)SC(c3ccccc3)C2)O1. The first-order valence-electron chi connectivity index (χ1n) is 8.76. The van der Waals surface area contributed by atoms with Crippen LogP contribution in [0.2, 0.25) is 0 Å². The van der Waals surface area contributed by atoms with Crippen molar-refractivity contribution in [1.29, 1.82) is 0 Å². The van der Waals surface area contributed by atoms with Gasteiger partial charge in [0.1, 0.15) is 5.72 Å². The van der Waals surface area contributed by atoms with Crippen LogP contribution in [0.3, 0.4) is 0 Å². The number of rotatable bonds is 2. The van der Waals surface area contributed by atoms with E-state index in [1.54, 1.807) is 0 Å². The molecule has 2 aromatic rings. The Morgan fingerprint density at radius 1 is 0.920 bits per heavy atom. The summed E-state index contributed by atoms with van der Waals surface area (Å²) in [4.78, 5) is 12.9. The van der Waals surface area contributed by atoms with Crippen molar-refractivity contribution in [2.75, 3.05) is 0 Å². The number of benzene rings is 2. The molecule has 2 unspecified atom stereocenters. The van der Waals surface area contributed by atoms with Gasteiger partial charge in [-0.3, -0.25) is 4.79 Å². The van der Waals surface area contributed by atoms with Crippen molar-refractivity contribution in [3.05, 3.63) is 71.8 Å². The highest BCUT2D eigenvalue weighted by atomic mass is 32.2. The van der Waals surface area contributed by atoms with Crippen LogP contribution in [0.5, 0.6) is 0 Å². The highest BCUT2D eigenvalue weighted by Gasteiger charge is 2.56. The second-order valence-electron chi connectivity index (χ2n) is 7.40. The Hall–Kier alpha value is -1.78. The van der Waals surface area contributed by atoms with Crippen LogP contribution in [0.1, 0.15) is 48.3 Å². The third kappa shape index (κ3) is 3.21. The summed E-state index contributed by atoms with van der Waals surface area (Å²) < 4.78 is 6.32. The molecule has 4 rings (SSSR count). The summed E-state index contributed by atoms with van der Waals surface area (Å²) in [5.74, 6) is 0.0275. The maximum Gasteiger partial charge on any atom is 0.254 e. The van der Waals surface area contributed by atoms with E-state index in [4.69, 9.17) is 4.74 Å². The van der Waals surface area contributed by atoms with Crippen LogP contribution >= 0.6 is 11.8 Å². The van der Waals surface area contributed by atoms with E-state index < -0.39 is 11.3 Å². The largest absolute Gasteiger partial charge is 0.340 e. The number of hydrogen-bond acceptors (Lipinski definition) is 3. The van der Waals surface area contributed by atoms with E-state index >= 15 is 0 Å². The Kier molecular flexibility index (Phi) is 4.13. The van der Waals surface area contributed by atoms with Crippen molar-refractivity contribution in [2.24, 2.45) is 0 Å². The molecule has 1 amide bonds. The molecule has 3 nitrogen and oxygen atoms in total. The summed E-state index contributed by atoms with van der Waals surface area (Å²) >= 11 is 1.94. The molecule has 0 radical (unpaired) electrons. The summed E-state index contributed by atoms with van der Waals surface area (Å²) in [6.45, 7) is 3.85. The van der Waals surface area contributed by atoms with Crippen LogP contribution < -0.4 is 5.32 Å². The monoisotopic (exact) mass is 353 g/mol. The van der Waals surface area contributed by atoms with Crippen LogP contribution in [0.25, 0.3) is 0 Å². The van der Waals surface area contributed by atoms with Gasteiger partial charge in [-0.2, -0.15) is 0 Å². The Bertz CT molecular complexity index is 712. The summed E-state index contributed by atoms with van der Waals surface area (Å²) in [7, 11) is 0. The summed E-state index contributed by atoms with van der Waals surface area (Å²) in [5.41, 5.74) is 1.15. The number of ether oxygens (including phenoxy) is 1. The fourth-order valence-electron chi connectivity index (χ4n) is 3.92. The lowest BCUT2D eigenvalue weighted by molar-refractivity contribution is -0.141. The molecule has 130 valence electrons. The van der Waals surface area contributed by atoms with Crippen LogP contribution in [0, 0.1) is 0 Å². The van der Waals surface area contributed by atoms with Crippen molar-refractivity contribution in [1.82, 2.24) is 5.32 Å². The molecule has 2 aliphatic rings. The zero-order chi connectivity index (χ0) is 17.5. The van der Waals surface area contributed by atoms with E-state index in [0.717, 1.165) is 0 Å². The van der Waals surface area contributed by atoms with Crippen LogP contribution in [-0.4, -0.2) is 17.2 Å². The first-order chi connectivity index (χ1) is 12.0. The number of hydrogen-bond donors (Lipinski definition) is 1. The summed E-state index contributed by atoms with van der Waals surface area (Å²) in [6.07, 6.45) is 1.42. The summed E-state index contributed by atoms with van der Waals surface area (Å²) in [6, 6.07) is 20.9. The predicted octanol–water partition coefficient (Wildman–Crippen LogP) is 4.62. The maximum atomic E-state index is 12.9. The van der Waals surface area contributed by atoms with Crippen molar-refractivity contribution in [2.45, 2.75) is 48.5 Å². The first-order valence-corrected chi connectivity index (χ1v) is 9.70. The van der Waals surface area contributed by atoms with Crippen molar-refractivity contribution >= 4 is 17.7 Å². The van der Waals surface area contributed by atoms with Gasteiger partial charge in [0.15, 0.2) is 5.60 Å². The van der Waals surface area contributed by atoms with Crippen LogP contribution in [0.4, 0.5) is 0 Å². The van der Waals surface area contributed by atoms with Gasteiger partial charge in [-0.1, -0.05) is 60.7 Å². The molecule has 1 spiro atoms. The number of carbonyl (C=O) groups excluding carboxylic acids is 1. The first kappa shape index (κ1) is 16.7. The molecule has 4 heteroatoms. The zero-order valence-electron chi connectivity index (χ0n) is 14.6. The van der Waals surface area contributed by atoms with E-state index in [1.807, 2.05) is 37.7 Å². The Labute approximate surface area is 153 Å². The van der Waals surface area contributed by atoms with Gasteiger partial charge in [0.2, 0.25) is 0 Å². The molecular weight excluding hydrogens is 330 g/mol. The lowest BCUT2D eigenvalue weighted by Gasteiger charge is -2.40. The van der Waals surface area contributed by atoms with Gasteiger partial charge in [0, 0.05) is 23.3 Å². The molecule has 0 aliphatic carbocycles. The van der Waals surface area contributed by atoms with Crippen LogP contribution in [0.15, 0.2) is 60.7 Å². The smallest absolute Gasteiger partial charge is 0.254 e. The quantitative estimate of drug-likeness (QED) is 0.856. The lowest BCUT2D eigenvalue weighted by Crippen LogP contribution is -2.43. The highest BCUT2D eigenvalue weighted by molar-refractivity contribution is 7.99. The number of amides is 1. The average Bonchev–Trinajstić information content (AvgIpc) is 2.83. The molecule has 2 saturated heterocycles. The fourth-order valence-corrected chi connectivity index (χ4v) is 5.68. The van der Waals surface area contributed by atoms with Crippen LogP contribution in [-0.2, 0) is 9.53 Å². The van der Waals surface area contributed by atoms with Gasteiger partial charge in [0.05, 0.1) is 0 Å². The van der Waals surface area contributed by atoms with E-state index in [1.165, 1.54) is 11.1 Å². The van der Waals surface area contributed by atoms with E-state index in [2.05, 4.69) is 53.8 Å². The molecule has 0 bridgehead atoms. The van der Waals surface area contributed by atoms with Gasteiger partial charge >= 0.3 is 0 Å². The maximum absolute atomic E-state index is 12.9. The van der Waals surface area contributed by atoms with Gasteiger partial charge in [-0.25, -0.2) is 0 Å². The topological polar surface area (TPSA) is 38.3 Å². The molecule has 2 aromatic carbocycles. The normalized spacial score (nSPS) is 31.0. The molecule has 25 heavy (non-hydrogen) atoms. The number of carbonyl (C=O) groups is 1. The number of nitrogens with one attached hydrogen (secondary N) is 1. The standard InChI is InChI=1S/C21H23NO2S/c1-20(2)22-19(23)21(24-20)13-17(15-9-5-3-6-10-15)25-18(14-21)16-11-7-4-8-12-16/h3-12,17-18H,13-14H2,1-2H3,(H,22,23). The molecule has 2 heterocycles. The van der Waals surface area contributed by atoms with Crippen molar-refractivity contribution < 1.29 is 9.53 Å². The second kappa shape index (κ2) is 6.19. The third-order valence-corrected chi connectivity index (χ3v) is 6.52. The van der Waals surface area contributed by atoms with Crippen molar-refractivity contribution in [3.8, 4) is 0 Å². The third-order valence-electron chi connectivity index (χ3n) is 4.98. The van der Waals surface area contributed by atoms with E-state index in [-0.39, 0.29) is 16.4 Å². The van der Waals surface area contributed by atoms with Gasteiger partial charge in [-0.05, 0) is 25.0 Å². The Morgan fingerprint density at radius 3 is 1.80 bits per heavy atom. The van der Waals surface area contributed by atoms with E-state index in [9.17, 15) is 4.79 Å². The Morgan fingerprint density at radius 2 is 1.40 bits per heavy atom. The predicted molar refractivity (Wildman–Crippen MR) is 101 cm³/mol. The molecule has 2 aliphatic heterocycles. The fraction of sp³-hybridized carbons (Fsp3) is 0.381. The van der Waals surface area contributed by atoms with Gasteiger partial charge in [-0.15, -0.1) is 11.8 Å². The molecule has 2 fully saturated rings. The minimum absolute atomic E-state index is 0.0275. The average molecular weight is 353 g/mol. The molecule has 0 saturated carbocycles. The molecule has 2 atom stereocenters. The molecule has 0 aromatic heterocycles. The second-order valence-corrected chi connectivity index (χ2v) is 8.81. The lowest BCUT2D eigenvalue weighted by atomic mass is 9.86.